The number of methoxy groups -OCH3 is 1. The number of nitrogens with one attached hydrogen (secondary N) is 1. The van der Waals surface area contributed by atoms with Gasteiger partial charge in [-0.15, -0.1) is 0 Å². The van der Waals surface area contributed by atoms with Gasteiger partial charge in [0.1, 0.15) is 5.75 Å². The highest BCUT2D eigenvalue weighted by Gasteiger charge is 2.17. The van der Waals surface area contributed by atoms with Crippen LogP contribution < -0.4 is 16.0 Å². The minimum atomic E-state index is 0.152. The Balaban J connectivity index is 2.93. The minimum Gasteiger partial charge on any atom is -0.497 e. The van der Waals surface area contributed by atoms with E-state index in [4.69, 9.17) is 10.6 Å². The highest BCUT2D eigenvalue weighted by atomic mass is 79.9. The number of rotatable bonds is 7. The zero-order valence-electron chi connectivity index (χ0n) is 11.4. The highest BCUT2D eigenvalue weighted by Crippen LogP contribution is 2.32. The van der Waals surface area contributed by atoms with Gasteiger partial charge in [-0.05, 0) is 36.1 Å². The van der Waals surface area contributed by atoms with E-state index >= 15 is 0 Å². The molecular formula is C14H23BrN2O. The number of hydrogen-bond acceptors (Lipinski definition) is 3. The van der Waals surface area contributed by atoms with Crippen molar-refractivity contribution in [3.05, 3.63) is 28.2 Å². The molecule has 0 amide bonds. The van der Waals surface area contributed by atoms with Gasteiger partial charge in [-0.1, -0.05) is 42.6 Å². The first-order chi connectivity index (χ1) is 8.65. The molecule has 3 N–H and O–H groups in total. The molecule has 0 heterocycles. The van der Waals surface area contributed by atoms with Crippen LogP contribution in [0.1, 0.15) is 44.7 Å². The molecule has 0 aliphatic rings. The van der Waals surface area contributed by atoms with Gasteiger partial charge in [0.05, 0.1) is 7.11 Å². The molecule has 0 aromatic heterocycles. The smallest absolute Gasteiger partial charge is 0.119 e. The average Bonchev–Trinajstić information content (AvgIpc) is 2.41. The maximum absolute atomic E-state index is 5.71. The summed E-state index contributed by atoms with van der Waals surface area (Å²) in [7, 11) is 1.68. The molecule has 1 aromatic carbocycles. The predicted octanol–water partition coefficient (Wildman–Crippen LogP) is 3.79. The van der Waals surface area contributed by atoms with E-state index in [1.807, 2.05) is 18.2 Å². The summed E-state index contributed by atoms with van der Waals surface area (Å²) in [5, 5.41) is 0. The van der Waals surface area contributed by atoms with Gasteiger partial charge >= 0.3 is 0 Å². The number of nitrogens with two attached hydrogens (primary N) is 1. The molecule has 18 heavy (non-hydrogen) atoms. The lowest BCUT2D eigenvalue weighted by Gasteiger charge is -2.23. The van der Waals surface area contributed by atoms with E-state index in [1.54, 1.807) is 7.11 Å². The van der Waals surface area contributed by atoms with E-state index in [1.165, 1.54) is 12.8 Å². The maximum atomic E-state index is 5.71. The fourth-order valence-electron chi connectivity index (χ4n) is 2.16. The summed E-state index contributed by atoms with van der Waals surface area (Å²) in [6.45, 7) is 4.45. The number of ether oxygens (including phenoxy) is 1. The van der Waals surface area contributed by atoms with Crippen LogP contribution >= 0.6 is 15.9 Å². The quantitative estimate of drug-likeness (QED) is 0.594. The molecule has 0 spiro atoms. The molecule has 1 unspecified atom stereocenters. The molecule has 0 fully saturated rings. The van der Waals surface area contributed by atoms with Gasteiger partial charge in [-0.2, -0.15) is 0 Å². The number of halogens is 1. The van der Waals surface area contributed by atoms with Crippen molar-refractivity contribution in [1.82, 2.24) is 5.43 Å². The van der Waals surface area contributed by atoms with Crippen LogP contribution in [0.25, 0.3) is 0 Å². The standard InChI is InChI=1S/C14H23BrN2O/c1-4-10(5-2)8-14(17-16)12-9-11(18-3)6-7-13(12)15/h6-7,9-10,14,17H,4-5,8,16H2,1-3H3. The molecule has 0 saturated heterocycles. The predicted molar refractivity (Wildman–Crippen MR) is 79.4 cm³/mol. The lowest BCUT2D eigenvalue weighted by atomic mass is 9.91. The third-order valence-corrected chi connectivity index (χ3v) is 4.23. The van der Waals surface area contributed by atoms with Crippen LogP contribution in [0.15, 0.2) is 22.7 Å². The van der Waals surface area contributed by atoms with Crippen LogP contribution in [0.4, 0.5) is 0 Å². The van der Waals surface area contributed by atoms with Crippen molar-refractivity contribution >= 4 is 15.9 Å². The second-order valence-electron chi connectivity index (χ2n) is 4.52. The van der Waals surface area contributed by atoms with Gasteiger partial charge in [0, 0.05) is 10.5 Å². The molecule has 0 radical (unpaired) electrons. The van der Waals surface area contributed by atoms with Crippen LogP contribution in [0.2, 0.25) is 0 Å². The minimum absolute atomic E-state index is 0.152. The fraction of sp³-hybridized carbons (Fsp3) is 0.571. The summed E-state index contributed by atoms with van der Waals surface area (Å²) in [6, 6.07) is 6.14. The summed E-state index contributed by atoms with van der Waals surface area (Å²) >= 11 is 3.58. The van der Waals surface area contributed by atoms with Gasteiger partial charge in [0.2, 0.25) is 0 Å². The van der Waals surface area contributed by atoms with E-state index < -0.39 is 0 Å². The third kappa shape index (κ3) is 3.97. The third-order valence-electron chi connectivity index (χ3n) is 3.50. The Hall–Kier alpha value is -0.580. The van der Waals surface area contributed by atoms with Gasteiger partial charge in [-0.3, -0.25) is 11.3 Å². The molecule has 0 saturated carbocycles. The van der Waals surface area contributed by atoms with E-state index in [0.29, 0.717) is 5.92 Å². The molecule has 102 valence electrons. The van der Waals surface area contributed by atoms with Crippen molar-refractivity contribution in [2.75, 3.05) is 7.11 Å². The molecule has 1 aromatic rings. The lowest BCUT2D eigenvalue weighted by molar-refractivity contribution is 0.371. The molecule has 1 rings (SSSR count). The SMILES string of the molecule is CCC(CC)CC(NN)c1cc(OC)ccc1Br. The van der Waals surface area contributed by atoms with E-state index in [9.17, 15) is 0 Å². The number of hydrogen-bond donors (Lipinski definition) is 2. The highest BCUT2D eigenvalue weighted by molar-refractivity contribution is 9.10. The first-order valence-corrected chi connectivity index (χ1v) is 7.25. The van der Waals surface area contributed by atoms with E-state index in [0.717, 1.165) is 22.2 Å². The maximum Gasteiger partial charge on any atom is 0.119 e. The van der Waals surface area contributed by atoms with Gasteiger partial charge in [0.15, 0.2) is 0 Å². The van der Waals surface area contributed by atoms with E-state index in [2.05, 4.69) is 35.2 Å². The Labute approximate surface area is 118 Å². The van der Waals surface area contributed by atoms with Crippen LogP contribution in [-0.2, 0) is 0 Å². The molecule has 0 aliphatic carbocycles. The summed E-state index contributed by atoms with van der Waals surface area (Å²) < 4.78 is 6.34. The van der Waals surface area contributed by atoms with E-state index in [-0.39, 0.29) is 6.04 Å². The van der Waals surface area contributed by atoms with Gasteiger partial charge in [0.25, 0.3) is 0 Å². The molecule has 1 atom stereocenters. The normalized spacial score (nSPS) is 12.8. The molecular weight excluding hydrogens is 292 g/mol. The topological polar surface area (TPSA) is 47.3 Å². The molecule has 0 aliphatic heterocycles. The Kier molecular flexibility index (Phi) is 6.68. The van der Waals surface area contributed by atoms with Crippen LogP contribution in [0, 0.1) is 5.92 Å². The van der Waals surface area contributed by atoms with Gasteiger partial charge < -0.3 is 4.74 Å². The molecule has 0 bridgehead atoms. The Morgan fingerprint density at radius 1 is 1.33 bits per heavy atom. The summed E-state index contributed by atoms with van der Waals surface area (Å²) in [6.07, 6.45) is 3.39. The summed E-state index contributed by atoms with van der Waals surface area (Å²) in [5.74, 6) is 7.25. The van der Waals surface area contributed by atoms with Crippen molar-refractivity contribution in [2.24, 2.45) is 11.8 Å². The van der Waals surface area contributed by atoms with Crippen molar-refractivity contribution < 1.29 is 4.74 Å². The first kappa shape index (κ1) is 15.5. The Morgan fingerprint density at radius 3 is 2.50 bits per heavy atom. The van der Waals surface area contributed by atoms with Crippen LogP contribution in [0.3, 0.4) is 0 Å². The largest absolute Gasteiger partial charge is 0.497 e. The fourth-order valence-corrected chi connectivity index (χ4v) is 2.68. The van der Waals surface area contributed by atoms with Crippen molar-refractivity contribution in [2.45, 2.75) is 39.2 Å². The average molecular weight is 315 g/mol. The van der Waals surface area contributed by atoms with Crippen molar-refractivity contribution in [3.8, 4) is 5.75 Å². The Bertz CT molecular complexity index is 367. The van der Waals surface area contributed by atoms with Crippen molar-refractivity contribution in [1.29, 1.82) is 0 Å². The molecule has 3 nitrogen and oxygen atoms in total. The summed E-state index contributed by atoms with van der Waals surface area (Å²) in [5.41, 5.74) is 4.08. The second kappa shape index (κ2) is 7.77. The Morgan fingerprint density at radius 2 is 2.00 bits per heavy atom. The number of benzene rings is 1. The lowest BCUT2D eigenvalue weighted by Crippen LogP contribution is -2.30. The van der Waals surface area contributed by atoms with Crippen LogP contribution in [-0.4, -0.2) is 7.11 Å². The van der Waals surface area contributed by atoms with Crippen LogP contribution in [0.5, 0.6) is 5.75 Å². The van der Waals surface area contributed by atoms with Crippen molar-refractivity contribution in [3.63, 3.8) is 0 Å². The zero-order chi connectivity index (χ0) is 13.5. The first-order valence-electron chi connectivity index (χ1n) is 6.45. The molecule has 4 heteroatoms. The zero-order valence-corrected chi connectivity index (χ0v) is 13.0. The second-order valence-corrected chi connectivity index (χ2v) is 5.38. The van der Waals surface area contributed by atoms with Gasteiger partial charge in [-0.25, -0.2) is 0 Å². The number of hydrazine groups is 1. The summed E-state index contributed by atoms with van der Waals surface area (Å²) in [4.78, 5) is 0. The monoisotopic (exact) mass is 314 g/mol.